The number of carboxylic acid groups (broad SMARTS) is 1. The zero-order valence-corrected chi connectivity index (χ0v) is 9.98. The molecule has 0 aliphatic carbocycles. The van der Waals surface area contributed by atoms with Gasteiger partial charge in [0.2, 0.25) is 10.0 Å². The highest BCUT2D eigenvalue weighted by Crippen LogP contribution is 2.21. The van der Waals surface area contributed by atoms with Crippen LogP contribution in [0.1, 0.15) is 19.8 Å². The predicted molar refractivity (Wildman–Crippen MR) is 57.4 cm³/mol. The van der Waals surface area contributed by atoms with Crippen LogP contribution in [-0.2, 0) is 14.8 Å². The lowest BCUT2D eigenvalue weighted by Crippen LogP contribution is -2.45. The molecular formula is C9H17NO5S. The maximum Gasteiger partial charge on any atom is 0.323 e. The van der Waals surface area contributed by atoms with E-state index in [4.69, 9.17) is 10.2 Å². The van der Waals surface area contributed by atoms with Gasteiger partial charge in [-0.25, -0.2) is 12.7 Å². The topological polar surface area (TPSA) is 94.9 Å². The standard InChI is InChI=1S/C9H17NO5S/c1-7(9(12)13)16(14,15)10-4-2-8(6-11)3-5-10/h7-8,11H,2-6H2,1H3,(H,12,13). The number of nitrogens with zero attached hydrogens (tertiary/aromatic N) is 1. The minimum absolute atomic E-state index is 0.0579. The van der Waals surface area contributed by atoms with Crippen LogP contribution in [0.3, 0.4) is 0 Å². The Bertz CT molecular complexity index is 345. The van der Waals surface area contributed by atoms with Crippen molar-refractivity contribution in [3.63, 3.8) is 0 Å². The van der Waals surface area contributed by atoms with Gasteiger partial charge in [-0.3, -0.25) is 4.79 Å². The van der Waals surface area contributed by atoms with E-state index < -0.39 is 21.2 Å². The van der Waals surface area contributed by atoms with E-state index in [1.807, 2.05) is 0 Å². The van der Waals surface area contributed by atoms with Gasteiger partial charge in [0.1, 0.15) is 0 Å². The average Bonchev–Trinajstić information content (AvgIpc) is 2.28. The maximum absolute atomic E-state index is 11.8. The number of sulfonamides is 1. The second kappa shape index (κ2) is 5.11. The fourth-order valence-corrected chi connectivity index (χ4v) is 3.12. The molecular weight excluding hydrogens is 234 g/mol. The van der Waals surface area contributed by atoms with Gasteiger partial charge in [0.25, 0.3) is 0 Å². The molecule has 6 nitrogen and oxygen atoms in total. The minimum Gasteiger partial charge on any atom is -0.480 e. The summed E-state index contributed by atoms with van der Waals surface area (Å²) in [6.07, 6.45) is 1.17. The summed E-state index contributed by atoms with van der Waals surface area (Å²) in [5.41, 5.74) is 0. The van der Waals surface area contributed by atoms with Gasteiger partial charge in [-0.1, -0.05) is 0 Å². The summed E-state index contributed by atoms with van der Waals surface area (Å²) in [6.45, 7) is 1.83. The Morgan fingerprint density at radius 1 is 1.44 bits per heavy atom. The smallest absolute Gasteiger partial charge is 0.323 e. The third-order valence-electron chi connectivity index (χ3n) is 2.99. The van der Waals surface area contributed by atoms with Gasteiger partial charge in [0.15, 0.2) is 5.25 Å². The SMILES string of the molecule is CC(C(=O)O)S(=O)(=O)N1CCC(CO)CC1. The van der Waals surface area contributed by atoms with Crippen molar-refractivity contribution in [2.24, 2.45) is 5.92 Å². The average molecular weight is 251 g/mol. The van der Waals surface area contributed by atoms with Crippen molar-refractivity contribution in [2.45, 2.75) is 25.0 Å². The van der Waals surface area contributed by atoms with Crippen molar-refractivity contribution in [1.82, 2.24) is 4.31 Å². The lowest BCUT2D eigenvalue weighted by Gasteiger charge is -2.31. The van der Waals surface area contributed by atoms with E-state index in [0.717, 1.165) is 0 Å². The number of aliphatic carboxylic acids is 1. The van der Waals surface area contributed by atoms with Gasteiger partial charge in [-0.2, -0.15) is 0 Å². The molecule has 0 amide bonds. The quantitative estimate of drug-likeness (QED) is 0.702. The Hall–Kier alpha value is -0.660. The molecule has 1 aliphatic rings. The van der Waals surface area contributed by atoms with Crippen LogP contribution < -0.4 is 0 Å². The number of hydrogen-bond acceptors (Lipinski definition) is 4. The van der Waals surface area contributed by atoms with Crippen molar-refractivity contribution < 1.29 is 23.4 Å². The molecule has 0 spiro atoms. The van der Waals surface area contributed by atoms with Crippen molar-refractivity contribution in [2.75, 3.05) is 19.7 Å². The minimum atomic E-state index is -3.74. The van der Waals surface area contributed by atoms with Crippen LogP contribution in [-0.4, -0.2) is 53.9 Å². The highest BCUT2D eigenvalue weighted by atomic mass is 32.2. The third kappa shape index (κ3) is 2.72. The summed E-state index contributed by atoms with van der Waals surface area (Å²) in [5, 5.41) is 16.2. The molecule has 0 bridgehead atoms. The van der Waals surface area contributed by atoms with Crippen LogP contribution in [0.4, 0.5) is 0 Å². The molecule has 0 aromatic carbocycles. The summed E-state index contributed by atoms with van der Waals surface area (Å²) in [4.78, 5) is 10.7. The normalized spacial score (nSPS) is 21.9. The molecule has 1 aliphatic heterocycles. The number of aliphatic hydroxyl groups excluding tert-OH is 1. The van der Waals surface area contributed by atoms with Crippen molar-refractivity contribution in [1.29, 1.82) is 0 Å². The molecule has 2 N–H and O–H groups in total. The summed E-state index contributed by atoms with van der Waals surface area (Å²) in [5.74, 6) is -1.20. The Balaban J connectivity index is 2.69. The molecule has 7 heteroatoms. The zero-order valence-electron chi connectivity index (χ0n) is 9.16. The van der Waals surface area contributed by atoms with Gasteiger partial charge in [-0.05, 0) is 25.7 Å². The lowest BCUT2D eigenvalue weighted by atomic mass is 10.00. The molecule has 0 radical (unpaired) electrons. The van der Waals surface area contributed by atoms with Crippen LogP contribution in [0.2, 0.25) is 0 Å². The number of carbonyl (C=O) groups is 1. The molecule has 0 aromatic rings. The van der Waals surface area contributed by atoms with E-state index in [0.29, 0.717) is 25.9 Å². The van der Waals surface area contributed by atoms with Crippen molar-refractivity contribution in [3.05, 3.63) is 0 Å². The molecule has 0 aromatic heterocycles. The first-order valence-corrected chi connectivity index (χ1v) is 6.72. The summed E-state index contributed by atoms with van der Waals surface area (Å²) >= 11 is 0. The highest BCUT2D eigenvalue weighted by Gasteiger charge is 2.35. The first-order valence-electron chi connectivity index (χ1n) is 5.22. The third-order valence-corrected chi connectivity index (χ3v) is 5.17. The summed E-state index contributed by atoms with van der Waals surface area (Å²) in [6, 6.07) is 0. The van der Waals surface area contributed by atoms with Crippen molar-refractivity contribution >= 4 is 16.0 Å². The number of hydrogen-bond donors (Lipinski definition) is 2. The first-order chi connectivity index (χ1) is 7.39. The molecule has 1 fully saturated rings. The van der Waals surface area contributed by atoms with Crippen LogP contribution in [0.5, 0.6) is 0 Å². The molecule has 94 valence electrons. The molecule has 1 atom stereocenters. The first kappa shape index (κ1) is 13.4. The molecule has 1 unspecified atom stereocenters. The number of piperidine rings is 1. The molecule has 16 heavy (non-hydrogen) atoms. The van der Waals surface area contributed by atoms with E-state index in [9.17, 15) is 13.2 Å². The van der Waals surface area contributed by atoms with E-state index in [-0.39, 0.29) is 12.5 Å². The Morgan fingerprint density at radius 2 is 1.94 bits per heavy atom. The Kier molecular flexibility index (Phi) is 4.28. The maximum atomic E-state index is 11.8. The van der Waals surface area contributed by atoms with Crippen LogP contribution in [0, 0.1) is 5.92 Å². The molecule has 1 saturated heterocycles. The molecule has 1 rings (SSSR count). The second-order valence-electron chi connectivity index (χ2n) is 4.05. The highest BCUT2D eigenvalue weighted by molar-refractivity contribution is 7.90. The van der Waals surface area contributed by atoms with Crippen molar-refractivity contribution in [3.8, 4) is 0 Å². The van der Waals surface area contributed by atoms with Gasteiger partial charge >= 0.3 is 5.97 Å². The largest absolute Gasteiger partial charge is 0.480 e. The van der Waals surface area contributed by atoms with Gasteiger partial charge in [-0.15, -0.1) is 0 Å². The van der Waals surface area contributed by atoms with E-state index in [2.05, 4.69) is 0 Å². The van der Waals surface area contributed by atoms with Gasteiger partial charge in [0, 0.05) is 19.7 Å². The zero-order chi connectivity index (χ0) is 12.3. The van der Waals surface area contributed by atoms with Crippen LogP contribution in [0.25, 0.3) is 0 Å². The predicted octanol–water partition coefficient (Wildman–Crippen LogP) is -0.506. The van der Waals surface area contributed by atoms with Crippen LogP contribution >= 0.6 is 0 Å². The lowest BCUT2D eigenvalue weighted by molar-refractivity contribution is -0.136. The Morgan fingerprint density at radius 3 is 2.31 bits per heavy atom. The fraction of sp³-hybridized carbons (Fsp3) is 0.889. The van der Waals surface area contributed by atoms with Gasteiger partial charge in [0.05, 0.1) is 0 Å². The molecule has 0 saturated carbocycles. The second-order valence-corrected chi connectivity index (χ2v) is 6.30. The van der Waals surface area contributed by atoms with E-state index in [1.165, 1.54) is 11.2 Å². The number of rotatable bonds is 4. The Labute approximate surface area is 94.9 Å². The molecule has 1 heterocycles. The van der Waals surface area contributed by atoms with E-state index in [1.54, 1.807) is 0 Å². The fourth-order valence-electron chi connectivity index (χ4n) is 1.70. The number of carboxylic acids is 1. The number of aliphatic hydroxyl groups is 1. The monoisotopic (exact) mass is 251 g/mol. The van der Waals surface area contributed by atoms with Gasteiger partial charge < -0.3 is 10.2 Å². The summed E-state index contributed by atoms with van der Waals surface area (Å²) < 4.78 is 24.8. The van der Waals surface area contributed by atoms with E-state index >= 15 is 0 Å². The summed E-state index contributed by atoms with van der Waals surface area (Å²) in [7, 11) is -3.74. The van der Waals surface area contributed by atoms with Crippen LogP contribution in [0.15, 0.2) is 0 Å².